The Morgan fingerprint density at radius 3 is 2.84 bits per heavy atom. The maximum atomic E-state index is 12.2. The molecule has 25 heavy (non-hydrogen) atoms. The highest BCUT2D eigenvalue weighted by atomic mass is 32.2. The van der Waals surface area contributed by atoms with Crippen molar-refractivity contribution in [3.05, 3.63) is 29.6 Å². The number of aromatic nitrogens is 2. The zero-order chi connectivity index (χ0) is 18.6. The van der Waals surface area contributed by atoms with Crippen LogP contribution in [0.25, 0.3) is 0 Å². The van der Waals surface area contributed by atoms with Gasteiger partial charge in [0.15, 0.2) is 0 Å². The highest BCUT2D eigenvalue weighted by Crippen LogP contribution is 2.26. The van der Waals surface area contributed by atoms with Crippen LogP contribution in [-0.2, 0) is 32.1 Å². The van der Waals surface area contributed by atoms with E-state index >= 15 is 0 Å². The molecule has 0 spiro atoms. The summed E-state index contributed by atoms with van der Waals surface area (Å²) in [6, 6.07) is -0.322. The second kappa shape index (κ2) is 7.98. The van der Waals surface area contributed by atoms with Gasteiger partial charge in [0.05, 0.1) is 36.9 Å². The topological polar surface area (TPSA) is 122 Å². The second-order valence-electron chi connectivity index (χ2n) is 5.97. The smallest absolute Gasteiger partial charge is 0.410 e. The minimum atomic E-state index is -3.63. The average Bonchev–Trinajstić information content (AvgIpc) is 3.07. The van der Waals surface area contributed by atoms with Crippen LogP contribution in [0.2, 0.25) is 0 Å². The number of rotatable bonds is 7. The number of hydrogen-bond donors (Lipinski definition) is 2. The first-order valence-corrected chi connectivity index (χ1v) is 9.63. The molecule has 2 rings (SSSR count). The van der Waals surface area contributed by atoms with E-state index in [-0.39, 0.29) is 25.8 Å². The van der Waals surface area contributed by atoms with Gasteiger partial charge < -0.3 is 14.7 Å². The second-order valence-corrected chi connectivity index (χ2v) is 7.57. The molecule has 0 bridgehead atoms. The van der Waals surface area contributed by atoms with Gasteiger partial charge in [0.1, 0.15) is 6.61 Å². The van der Waals surface area contributed by atoms with Gasteiger partial charge in [0.2, 0.25) is 0 Å². The van der Waals surface area contributed by atoms with Crippen LogP contribution in [-0.4, -0.2) is 66.3 Å². The van der Waals surface area contributed by atoms with Crippen molar-refractivity contribution in [2.75, 3.05) is 19.4 Å². The first kappa shape index (κ1) is 19.4. The summed E-state index contributed by atoms with van der Waals surface area (Å²) >= 11 is 0. The number of hydrogen-bond acceptors (Lipinski definition) is 7. The van der Waals surface area contributed by atoms with Crippen molar-refractivity contribution in [1.82, 2.24) is 15.1 Å². The number of aliphatic hydroxyl groups excluding tert-OH is 1. The van der Waals surface area contributed by atoms with Crippen molar-refractivity contribution in [2.24, 2.45) is 0 Å². The van der Waals surface area contributed by atoms with Gasteiger partial charge in [-0.3, -0.25) is 9.28 Å². The summed E-state index contributed by atoms with van der Waals surface area (Å²) in [5.41, 5.74) is 2.13. The van der Waals surface area contributed by atoms with Gasteiger partial charge in [0, 0.05) is 12.5 Å². The molecule has 0 radical (unpaired) electrons. The van der Waals surface area contributed by atoms with Crippen molar-refractivity contribution in [1.29, 1.82) is 0 Å². The number of carbonyl (C=O) groups excluding carboxylic acids is 1. The number of aliphatic hydroxyl groups is 1. The lowest BCUT2D eigenvalue weighted by Crippen LogP contribution is -2.38. The summed E-state index contributed by atoms with van der Waals surface area (Å²) < 4.78 is 32.9. The lowest BCUT2D eigenvalue weighted by atomic mass is 10.0. The molecule has 1 aliphatic heterocycles. The molecule has 1 fully saturated rings. The van der Waals surface area contributed by atoms with Crippen LogP contribution in [0, 0.1) is 6.92 Å². The van der Waals surface area contributed by atoms with E-state index in [0.29, 0.717) is 24.2 Å². The zero-order valence-electron chi connectivity index (χ0n) is 14.3. The number of ether oxygens (including phenoxy) is 1. The Kier molecular flexibility index (Phi) is 6.20. The summed E-state index contributed by atoms with van der Waals surface area (Å²) in [6.45, 7) is 5.34. The third-order valence-corrected chi connectivity index (χ3v) is 4.67. The number of aromatic amines is 1. The highest BCUT2D eigenvalue weighted by Gasteiger charge is 2.39. The molecule has 1 aromatic heterocycles. The molecule has 0 saturated carbocycles. The maximum Gasteiger partial charge on any atom is 0.410 e. The number of H-pyrrole nitrogens is 1. The number of likely N-dealkylation sites (tertiary alicyclic amines) is 1. The molecule has 10 heteroatoms. The predicted molar refractivity (Wildman–Crippen MR) is 89.3 cm³/mol. The number of nitrogens with one attached hydrogen (secondary N) is 1. The third-order valence-electron chi connectivity index (χ3n) is 4.04. The zero-order valence-corrected chi connectivity index (χ0v) is 15.1. The van der Waals surface area contributed by atoms with E-state index in [1.807, 2.05) is 6.92 Å². The Hall–Kier alpha value is -1.91. The van der Waals surface area contributed by atoms with E-state index in [9.17, 15) is 18.3 Å². The summed E-state index contributed by atoms with van der Waals surface area (Å²) in [7, 11) is -3.63. The van der Waals surface area contributed by atoms with Gasteiger partial charge >= 0.3 is 6.09 Å². The fourth-order valence-corrected chi connectivity index (χ4v) is 3.51. The molecule has 140 valence electrons. The van der Waals surface area contributed by atoms with Gasteiger partial charge in [-0.1, -0.05) is 12.7 Å². The molecule has 9 nitrogen and oxygen atoms in total. The van der Waals surface area contributed by atoms with E-state index in [1.165, 1.54) is 11.0 Å². The fraction of sp³-hybridized carbons (Fsp3) is 0.600. The number of amides is 1. The molecule has 2 heterocycles. The molecule has 2 atom stereocenters. The molecule has 0 aromatic carbocycles. The van der Waals surface area contributed by atoms with Gasteiger partial charge in [-0.15, -0.1) is 0 Å². The van der Waals surface area contributed by atoms with Crippen LogP contribution in [0.15, 0.2) is 12.7 Å². The van der Waals surface area contributed by atoms with Gasteiger partial charge in [-0.05, 0) is 18.9 Å². The quantitative estimate of drug-likeness (QED) is 0.527. The maximum absolute atomic E-state index is 12.2. The molecule has 0 aliphatic carbocycles. The Balaban J connectivity index is 2.16. The van der Waals surface area contributed by atoms with Crippen LogP contribution >= 0.6 is 0 Å². The van der Waals surface area contributed by atoms with Gasteiger partial charge in [0.25, 0.3) is 10.1 Å². The number of carbonyl (C=O) groups is 1. The van der Waals surface area contributed by atoms with Crippen LogP contribution in [0.5, 0.6) is 0 Å². The minimum Gasteiger partial charge on any atom is -0.445 e. The molecule has 0 unspecified atom stereocenters. The van der Waals surface area contributed by atoms with Crippen molar-refractivity contribution >= 4 is 16.2 Å². The standard InChI is InChI=1S/C15H23N3O6S/c1-4-5-23-15(20)18-8-12(24-25(3,21)22)6-11(18)7-13-10(2)14(9-19)17-16-13/h4,11-12,19H,1,5-9H2,2-3H3,(H,16,17)/t11-,12+/m0/s1. The van der Waals surface area contributed by atoms with E-state index in [1.54, 1.807) is 0 Å². The molecule has 1 aliphatic rings. The molecule has 1 amide bonds. The molecular formula is C15H23N3O6S. The van der Waals surface area contributed by atoms with Crippen LogP contribution < -0.4 is 0 Å². The summed E-state index contributed by atoms with van der Waals surface area (Å²) in [6.07, 6.45) is 1.99. The first-order valence-electron chi connectivity index (χ1n) is 7.81. The largest absolute Gasteiger partial charge is 0.445 e. The highest BCUT2D eigenvalue weighted by molar-refractivity contribution is 7.86. The van der Waals surface area contributed by atoms with E-state index < -0.39 is 22.3 Å². The normalized spacial score (nSPS) is 20.7. The minimum absolute atomic E-state index is 0.0652. The molecule has 1 aromatic rings. The van der Waals surface area contributed by atoms with Crippen molar-refractivity contribution < 1.29 is 27.2 Å². The van der Waals surface area contributed by atoms with Gasteiger partial charge in [-0.2, -0.15) is 13.5 Å². The SMILES string of the molecule is C=CCOC(=O)N1C[C@H](OS(C)(=O)=O)C[C@H]1Cc1n[nH]c(CO)c1C. The molecular weight excluding hydrogens is 350 g/mol. The summed E-state index contributed by atoms with van der Waals surface area (Å²) in [5, 5.41) is 16.2. The Morgan fingerprint density at radius 2 is 2.28 bits per heavy atom. The molecule has 1 saturated heterocycles. The Bertz CT molecular complexity index is 730. The first-order chi connectivity index (χ1) is 11.7. The van der Waals surface area contributed by atoms with Crippen molar-refractivity contribution in [3.63, 3.8) is 0 Å². The predicted octanol–water partition coefficient (Wildman–Crippen LogP) is 0.495. The Labute approximate surface area is 146 Å². The average molecular weight is 373 g/mol. The van der Waals surface area contributed by atoms with Crippen LogP contribution in [0.4, 0.5) is 4.79 Å². The molecule has 2 N–H and O–H groups in total. The fourth-order valence-electron chi connectivity index (χ4n) is 2.87. The van der Waals surface area contributed by atoms with E-state index in [4.69, 9.17) is 8.92 Å². The summed E-state index contributed by atoms with van der Waals surface area (Å²) in [5.74, 6) is 0. The van der Waals surface area contributed by atoms with Gasteiger partial charge in [-0.25, -0.2) is 4.79 Å². The van der Waals surface area contributed by atoms with E-state index in [0.717, 1.165) is 11.8 Å². The lowest BCUT2D eigenvalue weighted by Gasteiger charge is -2.23. The Morgan fingerprint density at radius 1 is 1.56 bits per heavy atom. The van der Waals surface area contributed by atoms with Crippen molar-refractivity contribution in [3.8, 4) is 0 Å². The lowest BCUT2D eigenvalue weighted by molar-refractivity contribution is 0.104. The van der Waals surface area contributed by atoms with Crippen LogP contribution in [0.1, 0.15) is 23.4 Å². The monoisotopic (exact) mass is 373 g/mol. The third kappa shape index (κ3) is 5.03. The summed E-state index contributed by atoms with van der Waals surface area (Å²) in [4.78, 5) is 13.7. The van der Waals surface area contributed by atoms with Crippen LogP contribution in [0.3, 0.4) is 0 Å². The van der Waals surface area contributed by atoms with Crippen molar-refractivity contribution in [2.45, 2.75) is 38.5 Å². The number of nitrogens with zero attached hydrogens (tertiary/aromatic N) is 2. The van der Waals surface area contributed by atoms with E-state index in [2.05, 4.69) is 16.8 Å².